The number of para-hydroxylation sites is 2. The Morgan fingerprint density at radius 3 is 1.90 bits per heavy atom. The zero-order valence-corrected chi connectivity index (χ0v) is 33.4. The Hall–Kier alpha value is -7.33. The number of benzene rings is 10. The highest BCUT2D eigenvalue weighted by Gasteiger charge is 2.48. The Morgan fingerprint density at radius 2 is 0.983 bits per heavy atom. The van der Waals surface area contributed by atoms with E-state index >= 15 is 0 Å². The smallest absolute Gasteiger partial charge is 0.0736 e. The van der Waals surface area contributed by atoms with Gasteiger partial charge in [-0.05, 0) is 122 Å². The highest BCUT2D eigenvalue weighted by Crippen LogP contribution is 2.62. The van der Waals surface area contributed by atoms with Crippen molar-refractivity contribution >= 4 is 72.2 Å². The predicted molar refractivity (Wildman–Crippen MR) is 252 cm³/mol. The molecule has 2 heterocycles. The highest BCUT2D eigenvalue weighted by atomic mass is 32.2. The molecule has 13 rings (SSSR count). The second-order valence-corrected chi connectivity index (χ2v) is 17.1. The molecular formula is C57H36N2S. The fourth-order valence-corrected chi connectivity index (χ4v) is 11.7. The van der Waals surface area contributed by atoms with E-state index in [4.69, 9.17) is 0 Å². The van der Waals surface area contributed by atoms with Gasteiger partial charge in [0.15, 0.2) is 0 Å². The Bertz CT molecular complexity index is 3540. The molecule has 0 bridgehead atoms. The molecule has 3 heteroatoms. The normalized spacial score (nSPS) is 15.0. The first-order valence-corrected chi connectivity index (χ1v) is 21.5. The number of nitrogens with zero attached hydrogens (tertiary/aromatic N) is 2. The minimum absolute atomic E-state index is 0.545. The Kier molecular flexibility index (Phi) is 7.19. The second kappa shape index (κ2) is 12.8. The van der Waals surface area contributed by atoms with Crippen molar-refractivity contribution in [3.8, 4) is 16.8 Å². The summed E-state index contributed by atoms with van der Waals surface area (Å²) in [6.07, 6.45) is 0. The van der Waals surface area contributed by atoms with E-state index < -0.39 is 5.41 Å². The van der Waals surface area contributed by atoms with E-state index in [0.717, 1.165) is 22.7 Å². The monoisotopic (exact) mass is 780 g/mol. The van der Waals surface area contributed by atoms with Crippen LogP contribution in [0.25, 0.3) is 60.2 Å². The zero-order valence-electron chi connectivity index (χ0n) is 32.6. The van der Waals surface area contributed by atoms with Crippen molar-refractivity contribution in [1.29, 1.82) is 0 Å². The van der Waals surface area contributed by atoms with Crippen LogP contribution in [0.2, 0.25) is 0 Å². The van der Waals surface area contributed by atoms with Crippen molar-refractivity contribution in [1.82, 2.24) is 4.57 Å². The van der Waals surface area contributed by atoms with Gasteiger partial charge in [0.2, 0.25) is 0 Å². The van der Waals surface area contributed by atoms with Crippen molar-refractivity contribution in [2.75, 3.05) is 4.90 Å². The van der Waals surface area contributed by atoms with E-state index in [9.17, 15) is 0 Å². The highest BCUT2D eigenvalue weighted by molar-refractivity contribution is 7.99. The molecule has 1 atom stereocenters. The van der Waals surface area contributed by atoms with E-state index in [1.807, 2.05) is 11.8 Å². The first-order chi connectivity index (χ1) is 29.8. The topological polar surface area (TPSA) is 8.17 Å². The van der Waals surface area contributed by atoms with Gasteiger partial charge in [-0.25, -0.2) is 0 Å². The van der Waals surface area contributed by atoms with Crippen molar-refractivity contribution in [2.45, 2.75) is 15.2 Å². The van der Waals surface area contributed by atoms with Crippen LogP contribution in [0.15, 0.2) is 228 Å². The summed E-state index contributed by atoms with van der Waals surface area (Å²) in [7, 11) is 0. The van der Waals surface area contributed by atoms with Gasteiger partial charge in [-0.2, -0.15) is 0 Å². The molecule has 1 spiro atoms. The van der Waals surface area contributed by atoms with Crippen molar-refractivity contribution in [3.63, 3.8) is 0 Å². The molecule has 1 aliphatic carbocycles. The van der Waals surface area contributed by atoms with Gasteiger partial charge in [0.25, 0.3) is 0 Å². The van der Waals surface area contributed by atoms with Crippen LogP contribution in [0.1, 0.15) is 22.3 Å². The number of rotatable bonds is 4. The fourth-order valence-electron chi connectivity index (χ4n) is 10.5. The number of hydrogen-bond acceptors (Lipinski definition) is 2. The van der Waals surface area contributed by atoms with Gasteiger partial charge in [0.1, 0.15) is 0 Å². The number of hydrogen-bond donors (Lipinski definition) is 0. The van der Waals surface area contributed by atoms with Crippen LogP contribution in [0.5, 0.6) is 0 Å². The lowest BCUT2D eigenvalue weighted by Crippen LogP contribution is -2.36. The van der Waals surface area contributed by atoms with E-state index in [1.165, 1.54) is 86.5 Å². The molecule has 0 radical (unpaired) electrons. The Morgan fingerprint density at radius 1 is 0.367 bits per heavy atom. The van der Waals surface area contributed by atoms with E-state index in [-0.39, 0.29) is 0 Å². The molecule has 0 saturated carbocycles. The van der Waals surface area contributed by atoms with Crippen LogP contribution in [0, 0.1) is 0 Å². The van der Waals surface area contributed by atoms with Gasteiger partial charge < -0.3 is 9.47 Å². The molecule has 280 valence electrons. The molecule has 1 unspecified atom stereocenters. The lowest BCUT2D eigenvalue weighted by atomic mass is 9.59. The molecule has 1 aromatic heterocycles. The SMILES string of the molecule is c1ccc(-n2c3ccccc3c3ccc(N(c4ccc5c(c4)C4(c6ccccc6S5)c5ccccc5-c5cccc6cccc4c56)c4ccc5ccccc5c4)cc32)cc1. The summed E-state index contributed by atoms with van der Waals surface area (Å²) in [6, 6.07) is 81.3. The summed E-state index contributed by atoms with van der Waals surface area (Å²) >= 11 is 1.89. The first kappa shape index (κ1) is 33.6. The van der Waals surface area contributed by atoms with Gasteiger partial charge in [0, 0.05) is 43.3 Å². The summed E-state index contributed by atoms with van der Waals surface area (Å²) in [5.41, 5.74) is 14.2. The molecule has 11 aromatic rings. The molecule has 10 aromatic carbocycles. The Labute approximate surface area is 352 Å². The molecule has 2 aliphatic rings. The molecule has 0 saturated heterocycles. The van der Waals surface area contributed by atoms with Gasteiger partial charge in [0.05, 0.1) is 16.4 Å². The fraction of sp³-hybridized carbons (Fsp3) is 0.0175. The van der Waals surface area contributed by atoms with Gasteiger partial charge >= 0.3 is 0 Å². The van der Waals surface area contributed by atoms with Crippen LogP contribution in [-0.4, -0.2) is 4.57 Å². The van der Waals surface area contributed by atoms with E-state index in [2.05, 4.69) is 228 Å². The lowest BCUT2D eigenvalue weighted by Gasteiger charge is -2.46. The van der Waals surface area contributed by atoms with Crippen LogP contribution in [-0.2, 0) is 5.41 Å². The third-order valence-corrected chi connectivity index (χ3v) is 14.1. The van der Waals surface area contributed by atoms with Crippen molar-refractivity contribution in [2.24, 2.45) is 0 Å². The third kappa shape index (κ3) is 4.67. The molecule has 0 amide bonds. The second-order valence-electron chi connectivity index (χ2n) is 16.0. The quantitative estimate of drug-likeness (QED) is 0.176. The predicted octanol–water partition coefficient (Wildman–Crippen LogP) is 15.4. The van der Waals surface area contributed by atoms with Crippen LogP contribution >= 0.6 is 11.8 Å². The molecule has 1 aliphatic heterocycles. The summed E-state index contributed by atoms with van der Waals surface area (Å²) in [5, 5.41) is 7.53. The first-order valence-electron chi connectivity index (χ1n) is 20.7. The maximum atomic E-state index is 2.51. The van der Waals surface area contributed by atoms with Crippen LogP contribution < -0.4 is 4.90 Å². The van der Waals surface area contributed by atoms with E-state index in [1.54, 1.807) is 0 Å². The minimum atomic E-state index is -0.545. The minimum Gasteiger partial charge on any atom is -0.310 e. The molecule has 60 heavy (non-hydrogen) atoms. The van der Waals surface area contributed by atoms with Crippen LogP contribution in [0.4, 0.5) is 17.1 Å². The van der Waals surface area contributed by atoms with Gasteiger partial charge in [-0.1, -0.05) is 163 Å². The summed E-state index contributed by atoms with van der Waals surface area (Å²) < 4.78 is 2.42. The van der Waals surface area contributed by atoms with Crippen molar-refractivity contribution in [3.05, 3.63) is 241 Å². The zero-order chi connectivity index (χ0) is 39.4. The third-order valence-electron chi connectivity index (χ3n) is 13.0. The molecular weight excluding hydrogens is 745 g/mol. The maximum absolute atomic E-state index is 2.51. The summed E-state index contributed by atoms with van der Waals surface area (Å²) in [4.78, 5) is 5.05. The number of aromatic nitrogens is 1. The average molecular weight is 781 g/mol. The van der Waals surface area contributed by atoms with E-state index in [0.29, 0.717) is 0 Å². The molecule has 2 nitrogen and oxygen atoms in total. The molecule has 0 N–H and O–H groups in total. The largest absolute Gasteiger partial charge is 0.310 e. The maximum Gasteiger partial charge on any atom is 0.0736 e. The summed E-state index contributed by atoms with van der Waals surface area (Å²) in [5.74, 6) is 0. The summed E-state index contributed by atoms with van der Waals surface area (Å²) in [6.45, 7) is 0. The number of fused-ring (bicyclic) bond motifs is 12. The standard InChI is InChI=1S/C57H36N2S/c1-2-18-40(19-3-1)59-52-26-10-7-21-45(52)46-32-30-43(36-53(46)59)58(41-29-28-37-14-4-5-15-39(37)34-41)42-31-33-55-51(35-42)57(49-24-9-11-27-54(49)60-55)48-23-8-6-20-44(48)47-22-12-16-38-17-13-25-50(57)56(38)47/h1-36H. The lowest BCUT2D eigenvalue weighted by molar-refractivity contribution is 0.707. The van der Waals surface area contributed by atoms with Crippen molar-refractivity contribution < 1.29 is 0 Å². The molecule has 0 fully saturated rings. The van der Waals surface area contributed by atoms with Gasteiger partial charge in [-0.3, -0.25) is 0 Å². The Balaban J connectivity index is 1.12. The van der Waals surface area contributed by atoms with Gasteiger partial charge in [-0.15, -0.1) is 0 Å². The number of anilines is 3. The average Bonchev–Trinajstić information content (AvgIpc) is 3.64. The van der Waals surface area contributed by atoms with Crippen LogP contribution in [0.3, 0.4) is 0 Å².